The van der Waals surface area contributed by atoms with Gasteiger partial charge in [0, 0.05) is 0 Å². The number of halogens is 5. The minimum Gasteiger partial charge on any atom is -0.373 e. The van der Waals surface area contributed by atoms with Crippen molar-refractivity contribution in [2.45, 2.75) is 30.5 Å². The predicted molar refractivity (Wildman–Crippen MR) is 74.4 cm³/mol. The van der Waals surface area contributed by atoms with Crippen molar-refractivity contribution >= 4 is 33.0 Å². The van der Waals surface area contributed by atoms with Gasteiger partial charge in [-0.2, -0.15) is 13.2 Å². The highest BCUT2D eigenvalue weighted by atomic mass is 35.5. The number of carbonyl (C=O) groups is 1. The lowest BCUT2D eigenvalue weighted by molar-refractivity contribution is -0.242. The Morgan fingerprint density at radius 1 is 1.35 bits per heavy atom. The molecule has 1 atom stereocenters. The van der Waals surface area contributed by atoms with Crippen LogP contribution in [0.25, 0.3) is 0 Å². The molecule has 1 aromatic rings. The molecule has 0 fully saturated rings. The van der Waals surface area contributed by atoms with Crippen LogP contribution in [0.2, 0.25) is 5.02 Å². The summed E-state index contributed by atoms with van der Waals surface area (Å²) < 4.78 is 74.8. The molecule has 0 aliphatic rings. The van der Waals surface area contributed by atoms with E-state index in [0.717, 1.165) is 12.1 Å². The molecule has 2 N–H and O–H groups in total. The highest BCUT2D eigenvalue weighted by Gasteiger charge is 2.55. The molecular weight excluding hydrogens is 366 g/mol. The summed E-state index contributed by atoms with van der Waals surface area (Å²) in [4.78, 5) is 10.8. The van der Waals surface area contributed by atoms with Crippen molar-refractivity contribution in [1.29, 1.82) is 0 Å². The zero-order valence-electron chi connectivity index (χ0n) is 11.8. The Morgan fingerprint density at radius 2 is 1.87 bits per heavy atom. The fourth-order valence-corrected chi connectivity index (χ4v) is 2.63. The molecule has 1 unspecified atom stereocenters. The second-order valence-corrected chi connectivity index (χ2v) is 7.29. The quantitative estimate of drug-likeness (QED) is 0.790. The van der Waals surface area contributed by atoms with Crippen LogP contribution in [-0.2, 0) is 14.6 Å². The molecule has 0 saturated carbocycles. The summed E-state index contributed by atoms with van der Waals surface area (Å²) in [5.74, 6) is -3.72. The van der Waals surface area contributed by atoms with Crippen molar-refractivity contribution in [3.63, 3.8) is 0 Å². The third-order valence-corrected chi connectivity index (χ3v) is 5.12. The number of nitrogens with one attached hydrogen (secondary N) is 1. The van der Waals surface area contributed by atoms with Gasteiger partial charge in [0.05, 0.1) is 11.4 Å². The van der Waals surface area contributed by atoms with Gasteiger partial charge in [0.15, 0.2) is 15.7 Å². The zero-order valence-corrected chi connectivity index (χ0v) is 13.4. The van der Waals surface area contributed by atoms with E-state index in [1.807, 2.05) is 0 Å². The van der Waals surface area contributed by atoms with Crippen LogP contribution >= 0.6 is 11.6 Å². The van der Waals surface area contributed by atoms with Crippen LogP contribution in [0.15, 0.2) is 17.0 Å². The number of benzene rings is 1. The maximum Gasteiger partial charge on any atom is 0.426 e. The number of hydrogen-bond acceptors (Lipinski definition) is 4. The van der Waals surface area contributed by atoms with E-state index in [-0.39, 0.29) is 6.92 Å². The van der Waals surface area contributed by atoms with Crippen molar-refractivity contribution in [2.75, 3.05) is 11.1 Å². The van der Waals surface area contributed by atoms with Crippen LogP contribution < -0.4 is 5.32 Å². The second kappa shape index (κ2) is 6.25. The molecule has 0 heterocycles. The molecule has 0 aliphatic heterocycles. The van der Waals surface area contributed by atoms with Crippen molar-refractivity contribution < 1.29 is 35.9 Å². The Kier molecular flexibility index (Phi) is 5.34. The first-order valence-electron chi connectivity index (χ1n) is 6.07. The monoisotopic (exact) mass is 377 g/mol. The van der Waals surface area contributed by atoms with Gasteiger partial charge in [-0.25, -0.2) is 12.8 Å². The summed E-state index contributed by atoms with van der Waals surface area (Å²) in [7, 11) is -3.95. The molecule has 1 amide bonds. The van der Waals surface area contributed by atoms with Crippen LogP contribution in [0.1, 0.15) is 13.8 Å². The fourth-order valence-electron chi connectivity index (χ4n) is 1.40. The number of aliphatic hydroxyl groups is 1. The van der Waals surface area contributed by atoms with Crippen molar-refractivity contribution in [1.82, 2.24) is 0 Å². The Bertz CT molecular complexity index is 731. The van der Waals surface area contributed by atoms with Crippen LogP contribution in [-0.4, -0.2) is 37.0 Å². The minimum atomic E-state index is -5.27. The van der Waals surface area contributed by atoms with E-state index in [9.17, 15) is 35.9 Å². The number of carbonyl (C=O) groups excluding carboxylic acids is 1. The van der Waals surface area contributed by atoms with Gasteiger partial charge in [-0.1, -0.05) is 18.5 Å². The highest BCUT2D eigenvalue weighted by Crippen LogP contribution is 2.34. The Morgan fingerprint density at radius 3 is 2.30 bits per heavy atom. The molecule has 0 aromatic heterocycles. The summed E-state index contributed by atoms with van der Waals surface area (Å²) in [5.41, 5.74) is -4.34. The maximum absolute atomic E-state index is 14.0. The third-order valence-electron chi connectivity index (χ3n) is 3.00. The van der Waals surface area contributed by atoms with E-state index < -0.39 is 54.7 Å². The lowest BCUT2D eigenvalue weighted by atomic mass is 10.1. The number of alkyl halides is 3. The lowest BCUT2D eigenvalue weighted by Gasteiger charge is -2.25. The molecule has 0 spiro atoms. The fraction of sp³-hybridized carbons (Fsp3) is 0.417. The Labute approximate surface area is 134 Å². The lowest BCUT2D eigenvalue weighted by Crippen LogP contribution is -2.52. The van der Waals surface area contributed by atoms with E-state index >= 15 is 0 Å². The van der Waals surface area contributed by atoms with E-state index in [1.165, 1.54) is 6.92 Å². The van der Waals surface area contributed by atoms with E-state index in [2.05, 4.69) is 0 Å². The predicted octanol–water partition coefficient (Wildman–Crippen LogP) is 2.52. The largest absolute Gasteiger partial charge is 0.426 e. The first-order chi connectivity index (χ1) is 10.3. The van der Waals surface area contributed by atoms with E-state index in [0.29, 0.717) is 0 Å². The van der Waals surface area contributed by atoms with Gasteiger partial charge >= 0.3 is 6.18 Å². The molecule has 0 aliphatic carbocycles. The van der Waals surface area contributed by atoms with E-state index in [4.69, 9.17) is 11.6 Å². The molecular formula is C12H12ClF4NO4S. The molecule has 0 bridgehead atoms. The molecule has 0 saturated heterocycles. The van der Waals surface area contributed by atoms with Crippen molar-refractivity contribution in [2.24, 2.45) is 0 Å². The summed E-state index contributed by atoms with van der Waals surface area (Å²) in [5, 5.41) is 9.93. The van der Waals surface area contributed by atoms with E-state index in [1.54, 1.807) is 5.32 Å². The minimum absolute atomic E-state index is 0.211. The van der Waals surface area contributed by atoms with Crippen LogP contribution in [0.3, 0.4) is 0 Å². The zero-order chi connectivity index (χ0) is 18.2. The number of rotatable bonds is 4. The Balaban J connectivity index is 3.24. The highest BCUT2D eigenvalue weighted by molar-refractivity contribution is 7.91. The second-order valence-electron chi connectivity index (χ2n) is 4.67. The average Bonchev–Trinajstić information content (AvgIpc) is 2.42. The first kappa shape index (κ1) is 19.7. The van der Waals surface area contributed by atoms with Gasteiger partial charge in [-0.3, -0.25) is 4.79 Å². The number of amides is 1. The van der Waals surface area contributed by atoms with Gasteiger partial charge in [-0.15, -0.1) is 0 Å². The van der Waals surface area contributed by atoms with Crippen LogP contribution in [0, 0.1) is 5.82 Å². The molecule has 1 rings (SSSR count). The smallest absolute Gasteiger partial charge is 0.373 e. The normalized spacial score (nSPS) is 15.1. The summed E-state index contributed by atoms with van der Waals surface area (Å²) >= 11 is 5.55. The summed E-state index contributed by atoms with van der Waals surface area (Å²) in [6.45, 7) is 1.47. The van der Waals surface area contributed by atoms with Crippen LogP contribution in [0.4, 0.5) is 23.2 Å². The topological polar surface area (TPSA) is 83.5 Å². The average molecular weight is 378 g/mol. The Hall–Kier alpha value is -1.39. The number of anilines is 1. The van der Waals surface area contributed by atoms with Gasteiger partial charge in [0.1, 0.15) is 9.92 Å². The molecule has 1 aromatic carbocycles. The molecule has 130 valence electrons. The molecule has 23 heavy (non-hydrogen) atoms. The van der Waals surface area contributed by atoms with Gasteiger partial charge in [-0.05, 0) is 19.1 Å². The van der Waals surface area contributed by atoms with Gasteiger partial charge < -0.3 is 10.4 Å². The maximum atomic E-state index is 14.0. The van der Waals surface area contributed by atoms with Crippen LogP contribution in [0.5, 0.6) is 0 Å². The third kappa shape index (κ3) is 3.75. The standard InChI is InChI=1S/C12H12ClF4NO4S/c1-3-23(21,22)7-5-4-6(8(13)9(7)14)18-10(19)11(2,20)12(15,16)17/h4-5,20H,3H2,1-2H3,(H,18,19). The molecule has 5 nitrogen and oxygen atoms in total. The molecule has 0 radical (unpaired) electrons. The van der Waals surface area contributed by atoms with Crippen molar-refractivity contribution in [3.8, 4) is 0 Å². The number of sulfone groups is 1. The first-order valence-corrected chi connectivity index (χ1v) is 8.10. The molecule has 11 heteroatoms. The summed E-state index contributed by atoms with van der Waals surface area (Å²) in [6.07, 6.45) is -5.27. The number of hydrogen-bond donors (Lipinski definition) is 2. The van der Waals surface area contributed by atoms with Gasteiger partial charge in [0.25, 0.3) is 5.91 Å². The van der Waals surface area contributed by atoms with Crippen molar-refractivity contribution in [3.05, 3.63) is 23.0 Å². The van der Waals surface area contributed by atoms with Gasteiger partial charge in [0.2, 0.25) is 5.60 Å². The summed E-state index contributed by atoms with van der Waals surface area (Å²) in [6, 6.07) is 1.59. The SMILES string of the molecule is CCS(=O)(=O)c1ccc(NC(=O)C(C)(O)C(F)(F)F)c(Cl)c1F.